The van der Waals surface area contributed by atoms with Crippen molar-refractivity contribution in [1.29, 1.82) is 0 Å². The Morgan fingerprint density at radius 2 is 1.64 bits per heavy atom. The van der Waals surface area contributed by atoms with Gasteiger partial charge in [0.15, 0.2) is 0 Å². The van der Waals surface area contributed by atoms with Crippen LogP contribution in [-0.4, -0.2) is 49.2 Å². The molecule has 1 aliphatic heterocycles. The van der Waals surface area contributed by atoms with Crippen LogP contribution in [0.15, 0.2) is 23.1 Å². The van der Waals surface area contributed by atoms with E-state index in [1.807, 2.05) is 11.8 Å². The molecule has 2 fully saturated rings. The minimum atomic E-state index is -3.77. The Morgan fingerprint density at radius 1 is 1.07 bits per heavy atom. The number of halogens is 2. The second-order valence-corrected chi connectivity index (χ2v) is 10.3. The molecule has 1 aliphatic carbocycles. The normalized spacial score (nSPS) is 20.2. The first-order valence-corrected chi connectivity index (χ1v) is 12.3. The minimum absolute atomic E-state index is 0.0412. The number of sulfonamides is 1. The van der Waals surface area contributed by atoms with E-state index in [0.717, 1.165) is 19.4 Å². The lowest BCUT2D eigenvalue weighted by Gasteiger charge is -2.38. The van der Waals surface area contributed by atoms with Crippen molar-refractivity contribution in [2.24, 2.45) is 5.92 Å². The van der Waals surface area contributed by atoms with Gasteiger partial charge in [-0.05, 0) is 44.7 Å². The third-order valence-corrected chi connectivity index (χ3v) is 8.81. The quantitative estimate of drug-likeness (QED) is 0.664. The molecule has 0 atom stereocenters. The maximum atomic E-state index is 13.1. The molecule has 0 unspecified atom stereocenters. The van der Waals surface area contributed by atoms with Gasteiger partial charge in [0.05, 0.1) is 10.0 Å². The first kappa shape index (κ1) is 21.9. The number of benzene rings is 1. The lowest BCUT2D eigenvalue weighted by Crippen LogP contribution is -2.48. The summed E-state index contributed by atoms with van der Waals surface area (Å²) in [5.41, 5.74) is 0. The largest absolute Gasteiger partial charge is 0.340 e. The van der Waals surface area contributed by atoms with Crippen LogP contribution in [0.1, 0.15) is 51.9 Å². The van der Waals surface area contributed by atoms with Crippen molar-refractivity contribution in [3.05, 3.63) is 28.2 Å². The average Bonchev–Trinajstić information content (AvgIpc) is 2.69. The number of carbonyl (C=O) groups is 1. The van der Waals surface area contributed by atoms with Gasteiger partial charge in [-0.15, -0.1) is 0 Å². The highest BCUT2D eigenvalue weighted by atomic mass is 35.5. The molecule has 3 rings (SSSR count). The van der Waals surface area contributed by atoms with E-state index in [4.69, 9.17) is 23.2 Å². The van der Waals surface area contributed by atoms with Crippen LogP contribution in [0.4, 0.5) is 0 Å². The van der Waals surface area contributed by atoms with E-state index in [1.54, 1.807) is 6.07 Å². The summed E-state index contributed by atoms with van der Waals surface area (Å²) < 4.78 is 27.4. The highest BCUT2D eigenvalue weighted by molar-refractivity contribution is 7.89. The maximum Gasteiger partial charge on any atom is 0.246 e. The molecule has 0 bridgehead atoms. The predicted octanol–water partition coefficient (Wildman–Crippen LogP) is 4.58. The third-order valence-electron chi connectivity index (χ3n) is 5.96. The van der Waals surface area contributed by atoms with Crippen LogP contribution in [0.25, 0.3) is 0 Å². The Hall–Kier alpha value is -0.820. The molecule has 1 saturated heterocycles. The van der Waals surface area contributed by atoms with Crippen molar-refractivity contribution in [1.82, 2.24) is 9.21 Å². The van der Waals surface area contributed by atoms with Gasteiger partial charge in [0, 0.05) is 31.6 Å². The third kappa shape index (κ3) is 4.50. The van der Waals surface area contributed by atoms with Gasteiger partial charge in [-0.25, -0.2) is 8.42 Å². The number of piperidine rings is 1. The second-order valence-electron chi connectivity index (χ2n) is 7.65. The summed E-state index contributed by atoms with van der Waals surface area (Å²) >= 11 is 12.2. The van der Waals surface area contributed by atoms with Crippen molar-refractivity contribution in [3.8, 4) is 0 Å². The highest BCUT2D eigenvalue weighted by Crippen LogP contribution is 2.34. The summed E-state index contributed by atoms with van der Waals surface area (Å²) in [5.74, 6) is 0.0669. The SMILES string of the molecule is CCN(C(=O)C1CCN(S(=O)(=O)c2c(Cl)cccc2Cl)CC1)C1CCCCC1. The van der Waals surface area contributed by atoms with Crippen molar-refractivity contribution in [2.45, 2.75) is 62.8 Å². The van der Waals surface area contributed by atoms with Gasteiger partial charge in [-0.3, -0.25) is 4.79 Å². The van der Waals surface area contributed by atoms with Gasteiger partial charge in [0.2, 0.25) is 15.9 Å². The molecule has 0 spiro atoms. The van der Waals surface area contributed by atoms with E-state index < -0.39 is 10.0 Å². The second kappa shape index (κ2) is 9.33. The minimum Gasteiger partial charge on any atom is -0.340 e. The molecule has 5 nitrogen and oxygen atoms in total. The van der Waals surface area contributed by atoms with Crippen LogP contribution in [0, 0.1) is 5.92 Å². The number of rotatable bonds is 5. The predicted molar refractivity (Wildman–Crippen MR) is 112 cm³/mol. The van der Waals surface area contributed by atoms with Crippen LogP contribution >= 0.6 is 23.2 Å². The number of carbonyl (C=O) groups excluding carboxylic acids is 1. The van der Waals surface area contributed by atoms with Crippen LogP contribution in [-0.2, 0) is 14.8 Å². The molecule has 8 heteroatoms. The zero-order valence-corrected chi connectivity index (χ0v) is 18.6. The molecule has 0 aromatic heterocycles. The molecule has 1 saturated carbocycles. The van der Waals surface area contributed by atoms with Crippen LogP contribution in [0.5, 0.6) is 0 Å². The van der Waals surface area contributed by atoms with E-state index in [0.29, 0.717) is 32.0 Å². The molecular weight excluding hydrogens is 419 g/mol. The summed E-state index contributed by atoms with van der Waals surface area (Å²) in [4.78, 5) is 15.1. The first-order chi connectivity index (χ1) is 13.4. The van der Waals surface area contributed by atoms with Crippen LogP contribution in [0.3, 0.4) is 0 Å². The lowest BCUT2D eigenvalue weighted by molar-refractivity contribution is -0.139. The Balaban J connectivity index is 1.67. The molecule has 0 radical (unpaired) electrons. The number of hydrogen-bond donors (Lipinski definition) is 0. The molecule has 156 valence electrons. The number of nitrogens with zero attached hydrogens (tertiary/aromatic N) is 2. The lowest BCUT2D eigenvalue weighted by atomic mass is 9.91. The molecule has 0 N–H and O–H groups in total. The van der Waals surface area contributed by atoms with E-state index in [2.05, 4.69) is 0 Å². The Labute approximate surface area is 178 Å². The summed E-state index contributed by atoms with van der Waals surface area (Å²) in [6.45, 7) is 3.37. The van der Waals surface area contributed by atoms with Gasteiger partial charge < -0.3 is 4.90 Å². The monoisotopic (exact) mass is 446 g/mol. The molecule has 28 heavy (non-hydrogen) atoms. The van der Waals surface area contributed by atoms with E-state index in [9.17, 15) is 13.2 Å². The number of amides is 1. The van der Waals surface area contributed by atoms with Crippen LogP contribution in [0.2, 0.25) is 10.0 Å². The van der Waals surface area contributed by atoms with E-state index in [1.165, 1.54) is 35.7 Å². The molecule has 1 amide bonds. The van der Waals surface area contributed by atoms with Crippen molar-refractivity contribution in [2.75, 3.05) is 19.6 Å². The Morgan fingerprint density at radius 3 is 2.18 bits per heavy atom. The van der Waals surface area contributed by atoms with Gasteiger partial charge in [0.25, 0.3) is 0 Å². The Bertz CT molecular complexity index is 781. The number of hydrogen-bond acceptors (Lipinski definition) is 3. The summed E-state index contributed by atoms with van der Waals surface area (Å²) in [7, 11) is -3.77. The van der Waals surface area contributed by atoms with Gasteiger partial charge in [-0.1, -0.05) is 48.5 Å². The van der Waals surface area contributed by atoms with E-state index in [-0.39, 0.29) is 26.8 Å². The molecule has 1 heterocycles. The maximum absolute atomic E-state index is 13.1. The van der Waals surface area contributed by atoms with Crippen LogP contribution < -0.4 is 0 Å². The van der Waals surface area contributed by atoms with Gasteiger partial charge in [0.1, 0.15) is 4.90 Å². The average molecular weight is 447 g/mol. The molecule has 1 aromatic rings. The summed E-state index contributed by atoms with van der Waals surface area (Å²) in [6.07, 6.45) is 6.85. The Kier molecular flexibility index (Phi) is 7.29. The van der Waals surface area contributed by atoms with Gasteiger partial charge in [-0.2, -0.15) is 4.31 Å². The highest BCUT2D eigenvalue weighted by Gasteiger charge is 2.36. The molecule has 2 aliphatic rings. The zero-order valence-electron chi connectivity index (χ0n) is 16.2. The smallest absolute Gasteiger partial charge is 0.246 e. The van der Waals surface area contributed by atoms with Crippen molar-refractivity contribution >= 4 is 39.1 Å². The standard InChI is InChI=1S/C20H28Cl2N2O3S/c1-2-24(16-7-4-3-5-8-16)20(25)15-11-13-23(14-12-15)28(26,27)19-17(21)9-6-10-18(19)22/h6,9-10,15-16H,2-5,7-8,11-14H2,1H3. The van der Waals surface area contributed by atoms with Crippen molar-refractivity contribution in [3.63, 3.8) is 0 Å². The molecule has 1 aromatic carbocycles. The summed E-state index contributed by atoms with van der Waals surface area (Å²) in [5, 5.41) is 0.250. The van der Waals surface area contributed by atoms with E-state index >= 15 is 0 Å². The fourth-order valence-electron chi connectivity index (χ4n) is 4.42. The topological polar surface area (TPSA) is 57.7 Å². The zero-order chi connectivity index (χ0) is 20.3. The fourth-order valence-corrected chi connectivity index (χ4v) is 6.98. The van der Waals surface area contributed by atoms with Gasteiger partial charge >= 0.3 is 0 Å². The first-order valence-electron chi connectivity index (χ1n) is 10.1. The fraction of sp³-hybridized carbons (Fsp3) is 0.650. The van der Waals surface area contributed by atoms with Crippen molar-refractivity contribution < 1.29 is 13.2 Å². The molecular formula is C20H28Cl2N2O3S. The summed E-state index contributed by atoms with van der Waals surface area (Å²) in [6, 6.07) is 5.02.